The molecule has 22 heavy (non-hydrogen) atoms. The van der Waals surface area contributed by atoms with Crippen molar-refractivity contribution in [1.29, 1.82) is 0 Å². The van der Waals surface area contributed by atoms with Crippen molar-refractivity contribution in [3.63, 3.8) is 0 Å². The maximum Gasteiger partial charge on any atom is 0.228 e. The molecule has 1 aromatic heterocycles. The van der Waals surface area contributed by atoms with Crippen LogP contribution in [0.3, 0.4) is 0 Å². The number of carbonyl (C=O) groups excluding carboxylic acids is 1. The van der Waals surface area contributed by atoms with Gasteiger partial charge in [0.25, 0.3) is 0 Å². The van der Waals surface area contributed by atoms with Crippen molar-refractivity contribution in [2.45, 2.75) is 6.42 Å². The average molecular weight is 321 g/mol. The molecule has 0 bridgehead atoms. The predicted molar refractivity (Wildman–Crippen MR) is 79.6 cm³/mol. The number of nitrogens with zero attached hydrogens (tertiary/aromatic N) is 4. The standard InChI is InChI=1S/C13H15N5O3S/c1-18-12(15-16-17-18)9-3-2-4-11(7-9)14-13(19)10-5-6-22(20,21)8-10/h2-4,7,10H,5-6,8H2,1H3,(H,14,19). The van der Waals surface area contributed by atoms with Crippen LogP contribution in [0.15, 0.2) is 24.3 Å². The Kier molecular flexibility index (Phi) is 3.65. The number of hydrogen-bond donors (Lipinski definition) is 1. The van der Waals surface area contributed by atoms with Gasteiger partial charge in [0.15, 0.2) is 15.7 Å². The molecule has 1 atom stereocenters. The molecule has 1 aliphatic rings. The highest BCUT2D eigenvalue weighted by atomic mass is 32.2. The second-order valence-electron chi connectivity index (χ2n) is 5.30. The van der Waals surface area contributed by atoms with Crippen molar-refractivity contribution < 1.29 is 13.2 Å². The van der Waals surface area contributed by atoms with E-state index in [1.807, 2.05) is 6.07 Å². The summed E-state index contributed by atoms with van der Waals surface area (Å²) in [6.45, 7) is 0. The zero-order valence-corrected chi connectivity index (χ0v) is 12.7. The first-order valence-corrected chi connectivity index (χ1v) is 8.61. The molecular formula is C13H15N5O3S. The Morgan fingerprint density at radius 3 is 2.86 bits per heavy atom. The molecule has 2 aromatic rings. The number of aromatic nitrogens is 4. The van der Waals surface area contributed by atoms with Crippen LogP contribution in [0.2, 0.25) is 0 Å². The first-order valence-electron chi connectivity index (χ1n) is 6.79. The molecule has 0 aliphatic carbocycles. The first-order chi connectivity index (χ1) is 10.4. The number of aryl methyl sites for hydroxylation is 1. The molecule has 3 rings (SSSR count). The third-order valence-corrected chi connectivity index (χ3v) is 5.38. The number of sulfone groups is 1. The number of nitrogens with one attached hydrogen (secondary N) is 1. The highest BCUT2D eigenvalue weighted by molar-refractivity contribution is 7.91. The van der Waals surface area contributed by atoms with Crippen LogP contribution in [0.5, 0.6) is 0 Å². The lowest BCUT2D eigenvalue weighted by Gasteiger charge is -2.10. The van der Waals surface area contributed by atoms with Crippen LogP contribution in [-0.4, -0.2) is 46.0 Å². The summed E-state index contributed by atoms with van der Waals surface area (Å²) in [4.78, 5) is 12.1. The molecule has 0 spiro atoms. The molecule has 1 aromatic carbocycles. The van der Waals surface area contributed by atoms with Crippen LogP contribution in [-0.2, 0) is 21.7 Å². The molecule has 0 saturated carbocycles. The van der Waals surface area contributed by atoms with Crippen molar-refractivity contribution in [3.05, 3.63) is 24.3 Å². The molecule has 1 aliphatic heterocycles. The Hall–Kier alpha value is -2.29. The van der Waals surface area contributed by atoms with Crippen molar-refractivity contribution in [2.24, 2.45) is 13.0 Å². The highest BCUT2D eigenvalue weighted by Gasteiger charge is 2.32. The number of anilines is 1. The molecule has 1 N–H and O–H groups in total. The predicted octanol–water partition coefficient (Wildman–Crippen LogP) is 0.250. The van der Waals surface area contributed by atoms with Crippen molar-refractivity contribution in [1.82, 2.24) is 20.2 Å². The van der Waals surface area contributed by atoms with E-state index in [4.69, 9.17) is 0 Å². The van der Waals surface area contributed by atoms with Crippen LogP contribution >= 0.6 is 0 Å². The van der Waals surface area contributed by atoms with Gasteiger partial charge in [-0.05, 0) is 29.0 Å². The van der Waals surface area contributed by atoms with Gasteiger partial charge in [0.1, 0.15) is 0 Å². The zero-order chi connectivity index (χ0) is 15.7. The minimum Gasteiger partial charge on any atom is -0.326 e. The monoisotopic (exact) mass is 321 g/mol. The molecule has 1 amide bonds. The second kappa shape index (κ2) is 5.48. The van der Waals surface area contributed by atoms with Crippen LogP contribution in [0.25, 0.3) is 11.4 Å². The van der Waals surface area contributed by atoms with Crippen molar-refractivity contribution >= 4 is 21.4 Å². The maximum atomic E-state index is 12.1. The number of carbonyl (C=O) groups is 1. The molecule has 2 heterocycles. The lowest BCUT2D eigenvalue weighted by atomic mass is 10.1. The Balaban J connectivity index is 1.76. The molecular weight excluding hydrogens is 306 g/mol. The lowest BCUT2D eigenvalue weighted by molar-refractivity contribution is -0.119. The van der Waals surface area contributed by atoms with E-state index in [-0.39, 0.29) is 17.4 Å². The van der Waals surface area contributed by atoms with E-state index in [2.05, 4.69) is 20.8 Å². The fraction of sp³-hybridized carbons (Fsp3) is 0.385. The van der Waals surface area contributed by atoms with E-state index >= 15 is 0 Å². The van der Waals surface area contributed by atoms with E-state index in [1.54, 1.807) is 25.2 Å². The van der Waals surface area contributed by atoms with Gasteiger partial charge >= 0.3 is 0 Å². The number of amides is 1. The summed E-state index contributed by atoms with van der Waals surface area (Å²) in [5, 5.41) is 14.0. The SMILES string of the molecule is Cn1nnnc1-c1cccc(NC(=O)C2CCS(=O)(=O)C2)c1. The molecule has 1 unspecified atom stereocenters. The molecule has 1 fully saturated rings. The maximum absolute atomic E-state index is 12.1. The normalized spacial score (nSPS) is 20.0. The van der Waals surface area contributed by atoms with Gasteiger partial charge in [-0.2, -0.15) is 0 Å². The summed E-state index contributed by atoms with van der Waals surface area (Å²) in [6, 6.07) is 7.12. The molecule has 1 saturated heterocycles. The third-order valence-electron chi connectivity index (χ3n) is 3.61. The molecule has 9 heteroatoms. The molecule has 0 radical (unpaired) electrons. The smallest absolute Gasteiger partial charge is 0.228 e. The topological polar surface area (TPSA) is 107 Å². The number of benzene rings is 1. The van der Waals surface area contributed by atoms with Gasteiger partial charge in [-0.1, -0.05) is 12.1 Å². The van der Waals surface area contributed by atoms with Crippen molar-refractivity contribution in [3.8, 4) is 11.4 Å². The van der Waals surface area contributed by atoms with Gasteiger partial charge in [-0.25, -0.2) is 13.1 Å². The lowest BCUT2D eigenvalue weighted by Crippen LogP contribution is -2.23. The van der Waals surface area contributed by atoms with Gasteiger partial charge in [0.2, 0.25) is 5.91 Å². The van der Waals surface area contributed by atoms with E-state index < -0.39 is 15.8 Å². The summed E-state index contributed by atoms with van der Waals surface area (Å²) in [7, 11) is -1.35. The first kappa shape index (κ1) is 14.6. The molecule has 8 nitrogen and oxygen atoms in total. The minimum absolute atomic E-state index is 0.0776. The second-order valence-corrected chi connectivity index (χ2v) is 7.52. The minimum atomic E-state index is -3.07. The van der Waals surface area contributed by atoms with Gasteiger partial charge < -0.3 is 5.32 Å². The highest BCUT2D eigenvalue weighted by Crippen LogP contribution is 2.23. The summed E-state index contributed by atoms with van der Waals surface area (Å²) >= 11 is 0. The van der Waals surface area contributed by atoms with E-state index in [9.17, 15) is 13.2 Å². The summed E-state index contributed by atoms with van der Waals surface area (Å²) < 4.78 is 24.4. The van der Waals surface area contributed by atoms with Crippen LogP contribution in [0.4, 0.5) is 5.69 Å². The van der Waals surface area contributed by atoms with Crippen LogP contribution in [0, 0.1) is 5.92 Å². The van der Waals surface area contributed by atoms with E-state index in [0.29, 0.717) is 17.9 Å². The number of rotatable bonds is 3. The van der Waals surface area contributed by atoms with Gasteiger partial charge in [0, 0.05) is 18.3 Å². The Morgan fingerprint density at radius 1 is 1.41 bits per heavy atom. The van der Waals surface area contributed by atoms with Gasteiger partial charge in [-0.3, -0.25) is 4.79 Å². The fourth-order valence-electron chi connectivity index (χ4n) is 2.46. The summed E-state index contributed by atoms with van der Waals surface area (Å²) in [5.74, 6) is -0.166. The van der Waals surface area contributed by atoms with E-state index in [0.717, 1.165) is 5.56 Å². The van der Waals surface area contributed by atoms with Crippen LogP contribution in [0.1, 0.15) is 6.42 Å². The Bertz CT molecular complexity index is 815. The van der Waals surface area contributed by atoms with Gasteiger partial charge in [-0.15, -0.1) is 5.10 Å². The van der Waals surface area contributed by atoms with Gasteiger partial charge in [0.05, 0.1) is 17.4 Å². The largest absolute Gasteiger partial charge is 0.326 e. The summed E-state index contributed by atoms with van der Waals surface area (Å²) in [5.41, 5.74) is 1.36. The number of hydrogen-bond acceptors (Lipinski definition) is 6. The Labute approximate surface area is 127 Å². The Morgan fingerprint density at radius 2 is 2.23 bits per heavy atom. The number of tetrazole rings is 1. The van der Waals surface area contributed by atoms with E-state index in [1.165, 1.54) is 4.68 Å². The average Bonchev–Trinajstić information content (AvgIpc) is 3.05. The van der Waals surface area contributed by atoms with Crippen LogP contribution < -0.4 is 5.32 Å². The molecule has 116 valence electrons. The van der Waals surface area contributed by atoms with Crippen molar-refractivity contribution in [2.75, 3.05) is 16.8 Å². The summed E-state index contributed by atoms with van der Waals surface area (Å²) in [6.07, 6.45) is 0.376. The third kappa shape index (κ3) is 2.98. The quantitative estimate of drug-likeness (QED) is 0.868. The fourth-order valence-corrected chi connectivity index (χ4v) is 4.20. The zero-order valence-electron chi connectivity index (χ0n) is 11.9.